The minimum atomic E-state index is -0.00792. The lowest BCUT2D eigenvalue weighted by molar-refractivity contribution is -0.113. The Bertz CT molecular complexity index is 639. The lowest BCUT2D eigenvalue weighted by Crippen LogP contribution is -2.22. The van der Waals surface area contributed by atoms with Crippen LogP contribution in [0.4, 0.5) is 5.69 Å². The third-order valence-corrected chi connectivity index (χ3v) is 4.99. The summed E-state index contributed by atoms with van der Waals surface area (Å²) < 4.78 is 0. The Morgan fingerprint density at radius 1 is 1.04 bits per heavy atom. The first-order chi connectivity index (χ1) is 11.6. The molecule has 2 rings (SSSR count). The minimum Gasteiger partial charge on any atom is -0.325 e. The zero-order valence-electron chi connectivity index (χ0n) is 14.1. The van der Waals surface area contributed by atoms with Crippen molar-refractivity contribution in [3.8, 4) is 0 Å². The van der Waals surface area contributed by atoms with Gasteiger partial charge >= 0.3 is 0 Å². The quantitative estimate of drug-likeness (QED) is 0.677. The molecule has 0 aromatic heterocycles. The number of benzene rings is 2. The van der Waals surface area contributed by atoms with Crippen LogP contribution in [-0.2, 0) is 11.3 Å². The molecule has 2 aromatic carbocycles. The summed E-state index contributed by atoms with van der Waals surface area (Å²) in [5, 5.41) is 3.64. The highest BCUT2D eigenvalue weighted by atomic mass is 35.5. The van der Waals surface area contributed by atoms with Crippen molar-refractivity contribution in [1.29, 1.82) is 0 Å². The fourth-order valence-electron chi connectivity index (χ4n) is 2.28. The van der Waals surface area contributed by atoms with Gasteiger partial charge in [-0.15, -0.1) is 11.8 Å². The fourth-order valence-corrected chi connectivity index (χ4v) is 3.10. The molecule has 1 N–H and O–H groups in total. The Hall–Kier alpha value is -1.49. The first-order valence-electron chi connectivity index (χ1n) is 8.10. The van der Waals surface area contributed by atoms with E-state index in [0.29, 0.717) is 10.8 Å². The molecule has 0 aliphatic rings. The first-order valence-corrected chi connectivity index (χ1v) is 9.46. The SMILES string of the molecule is CCN(CC)Cc1ccc(NC(=O)CSc2ccc(Cl)cc2)cc1. The Morgan fingerprint density at radius 2 is 1.67 bits per heavy atom. The molecule has 0 spiro atoms. The van der Waals surface area contributed by atoms with Crippen LogP contribution in [0.5, 0.6) is 0 Å². The van der Waals surface area contributed by atoms with E-state index in [1.807, 2.05) is 36.4 Å². The number of thioether (sulfide) groups is 1. The summed E-state index contributed by atoms with van der Waals surface area (Å²) in [5.74, 6) is 0.370. The van der Waals surface area contributed by atoms with Crippen LogP contribution in [0, 0.1) is 0 Å². The molecule has 0 bridgehead atoms. The van der Waals surface area contributed by atoms with Gasteiger partial charge in [0.05, 0.1) is 5.75 Å². The standard InChI is InChI=1S/C19H23ClN2OS/c1-3-22(4-2)13-15-5-9-17(10-6-15)21-19(23)14-24-18-11-7-16(20)8-12-18/h5-12H,3-4,13-14H2,1-2H3,(H,21,23). The number of hydrogen-bond acceptors (Lipinski definition) is 3. The van der Waals surface area contributed by atoms with E-state index in [4.69, 9.17) is 11.6 Å². The summed E-state index contributed by atoms with van der Waals surface area (Å²) in [5.41, 5.74) is 2.09. The second-order valence-corrected chi connectivity index (χ2v) is 6.93. The average molecular weight is 363 g/mol. The molecule has 0 atom stereocenters. The van der Waals surface area contributed by atoms with Crippen molar-refractivity contribution in [1.82, 2.24) is 4.90 Å². The van der Waals surface area contributed by atoms with Crippen LogP contribution in [0.2, 0.25) is 5.02 Å². The number of nitrogens with zero attached hydrogens (tertiary/aromatic N) is 1. The van der Waals surface area contributed by atoms with E-state index in [0.717, 1.165) is 30.2 Å². The molecule has 2 aromatic rings. The minimum absolute atomic E-state index is 0.00792. The van der Waals surface area contributed by atoms with Gasteiger partial charge in [0.25, 0.3) is 0 Å². The van der Waals surface area contributed by atoms with Gasteiger partial charge in [0.2, 0.25) is 5.91 Å². The Labute approximate surface area is 153 Å². The molecular weight excluding hydrogens is 340 g/mol. The van der Waals surface area contributed by atoms with Gasteiger partial charge in [-0.2, -0.15) is 0 Å². The number of hydrogen-bond donors (Lipinski definition) is 1. The molecule has 0 radical (unpaired) electrons. The van der Waals surface area contributed by atoms with Crippen molar-refractivity contribution >= 4 is 35.0 Å². The molecule has 0 aliphatic carbocycles. The highest BCUT2D eigenvalue weighted by Crippen LogP contribution is 2.20. The number of carbonyl (C=O) groups excluding carboxylic acids is 1. The number of carbonyl (C=O) groups is 1. The third-order valence-electron chi connectivity index (χ3n) is 3.72. The van der Waals surface area contributed by atoms with E-state index >= 15 is 0 Å². The highest BCUT2D eigenvalue weighted by Gasteiger charge is 2.05. The number of halogens is 1. The van der Waals surface area contributed by atoms with E-state index in [1.165, 1.54) is 17.3 Å². The van der Waals surface area contributed by atoms with E-state index in [1.54, 1.807) is 0 Å². The summed E-state index contributed by atoms with van der Waals surface area (Å²) in [6.45, 7) is 7.34. The number of anilines is 1. The molecule has 0 fully saturated rings. The smallest absolute Gasteiger partial charge is 0.234 e. The van der Waals surface area contributed by atoms with Crippen LogP contribution in [0.15, 0.2) is 53.4 Å². The predicted molar refractivity (Wildman–Crippen MR) is 104 cm³/mol. The van der Waals surface area contributed by atoms with Gasteiger partial charge in [-0.05, 0) is 55.1 Å². The van der Waals surface area contributed by atoms with Gasteiger partial charge < -0.3 is 5.32 Å². The van der Waals surface area contributed by atoms with Gasteiger partial charge in [0.1, 0.15) is 0 Å². The van der Waals surface area contributed by atoms with Crippen molar-refractivity contribution < 1.29 is 4.79 Å². The van der Waals surface area contributed by atoms with Crippen LogP contribution < -0.4 is 5.32 Å². The summed E-state index contributed by atoms with van der Waals surface area (Å²) >= 11 is 7.35. The second-order valence-electron chi connectivity index (χ2n) is 5.45. The van der Waals surface area contributed by atoms with Crippen molar-refractivity contribution in [2.24, 2.45) is 0 Å². The van der Waals surface area contributed by atoms with Crippen molar-refractivity contribution in [3.63, 3.8) is 0 Å². The van der Waals surface area contributed by atoms with Crippen molar-refractivity contribution in [2.75, 3.05) is 24.2 Å². The molecule has 0 saturated heterocycles. The average Bonchev–Trinajstić information content (AvgIpc) is 2.60. The molecule has 5 heteroatoms. The van der Waals surface area contributed by atoms with Gasteiger partial charge in [-0.3, -0.25) is 9.69 Å². The highest BCUT2D eigenvalue weighted by molar-refractivity contribution is 8.00. The maximum absolute atomic E-state index is 12.0. The van der Waals surface area contributed by atoms with Crippen LogP contribution >= 0.6 is 23.4 Å². The first kappa shape index (κ1) is 18.8. The summed E-state index contributed by atoms with van der Waals surface area (Å²) in [6, 6.07) is 15.6. The fraction of sp³-hybridized carbons (Fsp3) is 0.316. The van der Waals surface area contributed by atoms with Crippen molar-refractivity contribution in [2.45, 2.75) is 25.3 Å². The van der Waals surface area contributed by atoms with Crippen LogP contribution in [0.1, 0.15) is 19.4 Å². The molecule has 128 valence electrons. The van der Waals surface area contributed by atoms with Crippen molar-refractivity contribution in [3.05, 3.63) is 59.1 Å². The molecule has 0 unspecified atom stereocenters. The van der Waals surface area contributed by atoms with Crippen LogP contribution in [0.25, 0.3) is 0 Å². The summed E-state index contributed by atoms with van der Waals surface area (Å²) in [6.07, 6.45) is 0. The molecule has 0 saturated carbocycles. The second kappa shape index (κ2) is 9.72. The zero-order valence-corrected chi connectivity index (χ0v) is 15.7. The van der Waals surface area contributed by atoms with Crippen LogP contribution in [-0.4, -0.2) is 29.6 Å². The molecule has 0 aliphatic heterocycles. The molecule has 1 amide bonds. The summed E-state index contributed by atoms with van der Waals surface area (Å²) in [7, 11) is 0. The lowest BCUT2D eigenvalue weighted by atomic mass is 10.2. The van der Waals surface area contributed by atoms with Gasteiger partial charge in [-0.25, -0.2) is 0 Å². The maximum Gasteiger partial charge on any atom is 0.234 e. The third kappa shape index (κ3) is 6.19. The summed E-state index contributed by atoms with van der Waals surface area (Å²) in [4.78, 5) is 15.4. The van der Waals surface area contributed by atoms with E-state index in [-0.39, 0.29) is 5.91 Å². The van der Waals surface area contributed by atoms with E-state index in [9.17, 15) is 4.79 Å². The Balaban J connectivity index is 1.82. The maximum atomic E-state index is 12.0. The largest absolute Gasteiger partial charge is 0.325 e. The van der Waals surface area contributed by atoms with Crippen LogP contribution in [0.3, 0.4) is 0 Å². The zero-order chi connectivity index (χ0) is 17.4. The molecule has 0 heterocycles. The molecule has 3 nitrogen and oxygen atoms in total. The number of rotatable bonds is 8. The number of nitrogens with one attached hydrogen (secondary N) is 1. The van der Waals surface area contributed by atoms with E-state index in [2.05, 4.69) is 36.2 Å². The van der Waals surface area contributed by atoms with Gasteiger partial charge in [0, 0.05) is 22.2 Å². The Kier molecular flexibility index (Phi) is 7.63. The monoisotopic (exact) mass is 362 g/mol. The molecule has 24 heavy (non-hydrogen) atoms. The molecular formula is C19H23ClN2OS. The van der Waals surface area contributed by atoms with Gasteiger partial charge in [-0.1, -0.05) is 37.6 Å². The number of amides is 1. The normalized spacial score (nSPS) is 10.8. The lowest BCUT2D eigenvalue weighted by Gasteiger charge is -2.18. The van der Waals surface area contributed by atoms with Gasteiger partial charge in [0.15, 0.2) is 0 Å². The Morgan fingerprint density at radius 3 is 2.25 bits per heavy atom. The topological polar surface area (TPSA) is 32.3 Å². The predicted octanol–water partition coefficient (Wildman–Crippen LogP) is 4.91. The van der Waals surface area contributed by atoms with E-state index < -0.39 is 0 Å².